The monoisotopic (exact) mass is 226 g/mol. The van der Waals surface area contributed by atoms with Crippen LogP contribution in [0, 0.1) is 0 Å². The Labute approximate surface area is 94.8 Å². The van der Waals surface area contributed by atoms with Crippen molar-refractivity contribution >= 4 is 23.0 Å². The zero-order valence-corrected chi connectivity index (χ0v) is 9.50. The number of hydrogen-bond donors (Lipinski definition) is 1. The zero-order valence-electron chi connectivity index (χ0n) is 8.74. The van der Waals surface area contributed by atoms with Crippen LogP contribution in [-0.2, 0) is 4.74 Å². The van der Waals surface area contributed by atoms with E-state index in [0.29, 0.717) is 16.8 Å². The molecule has 0 saturated carbocycles. The highest BCUT2D eigenvalue weighted by Gasteiger charge is 2.21. The van der Waals surface area contributed by atoms with Crippen LogP contribution in [0.1, 0.15) is 6.92 Å². The van der Waals surface area contributed by atoms with Crippen LogP contribution in [0.15, 0.2) is 18.2 Å². The van der Waals surface area contributed by atoms with Crippen molar-refractivity contribution in [1.29, 1.82) is 0 Å². The molecule has 0 aliphatic carbocycles. The zero-order chi connectivity index (χ0) is 10.8. The van der Waals surface area contributed by atoms with Gasteiger partial charge < -0.3 is 15.4 Å². The van der Waals surface area contributed by atoms with Gasteiger partial charge in [-0.15, -0.1) is 0 Å². The Balaban J connectivity index is 2.31. The lowest BCUT2D eigenvalue weighted by Gasteiger charge is -2.36. The lowest BCUT2D eigenvalue weighted by molar-refractivity contribution is 0.0990. The summed E-state index contributed by atoms with van der Waals surface area (Å²) in [4.78, 5) is 2.24. The fraction of sp³-hybridized carbons (Fsp3) is 0.455. The highest BCUT2D eigenvalue weighted by molar-refractivity contribution is 6.33. The fourth-order valence-corrected chi connectivity index (χ4v) is 2.03. The third kappa shape index (κ3) is 2.03. The largest absolute Gasteiger partial charge is 0.396 e. The second-order valence-electron chi connectivity index (χ2n) is 3.79. The van der Waals surface area contributed by atoms with E-state index in [1.54, 1.807) is 0 Å². The molecule has 1 aliphatic rings. The number of halogens is 1. The summed E-state index contributed by atoms with van der Waals surface area (Å²) in [6, 6.07) is 6.09. The number of nitrogens with zero attached hydrogens (tertiary/aromatic N) is 1. The van der Waals surface area contributed by atoms with E-state index in [1.165, 1.54) is 0 Å². The average Bonchev–Trinajstić information content (AvgIpc) is 2.23. The van der Waals surface area contributed by atoms with E-state index in [0.717, 1.165) is 25.4 Å². The van der Waals surface area contributed by atoms with Crippen LogP contribution in [0.25, 0.3) is 0 Å². The molecule has 1 heterocycles. The van der Waals surface area contributed by atoms with Crippen LogP contribution in [0.4, 0.5) is 11.4 Å². The topological polar surface area (TPSA) is 38.5 Å². The fourth-order valence-electron chi connectivity index (χ4n) is 1.86. The van der Waals surface area contributed by atoms with Crippen LogP contribution < -0.4 is 10.6 Å². The van der Waals surface area contributed by atoms with Crippen molar-refractivity contribution in [1.82, 2.24) is 0 Å². The molecule has 0 radical (unpaired) electrons. The molecule has 1 aromatic rings. The van der Waals surface area contributed by atoms with Gasteiger partial charge in [0.2, 0.25) is 0 Å². The van der Waals surface area contributed by atoms with Crippen molar-refractivity contribution in [3.8, 4) is 0 Å². The highest BCUT2D eigenvalue weighted by atomic mass is 35.5. The van der Waals surface area contributed by atoms with Crippen molar-refractivity contribution < 1.29 is 4.74 Å². The summed E-state index contributed by atoms with van der Waals surface area (Å²) in [5, 5.41) is 0.617. The van der Waals surface area contributed by atoms with Gasteiger partial charge in [0.25, 0.3) is 0 Å². The van der Waals surface area contributed by atoms with E-state index in [1.807, 2.05) is 18.2 Å². The Morgan fingerprint density at radius 2 is 2.33 bits per heavy atom. The molecule has 2 rings (SSSR count). The molecule has 1 aliphatic heterocycles. The van der Waals surface area contributed by atoms with Crippen LogP contribution in [0.2, 0.25) is 5.02 Å². The number of nitrogen functional groups attached to an aromatic ring is 1. The molecule has 82 valence electrons. The van der Waals surface area contributed by atoms with Crippen molar-refractivity contribution in [2.45, 2.75) is 13.0 Å². The quantitative estimate of drug-likeness (QED) is 0.746. The molecular formula is C11H15ClN2O. The van der Waals surface area contributed by atoms with E-state index >= 15 is 0 Å². The first kappa shape index (κ1) is 10.6. The highest BCUT2D eigenvalue weighted by Crippen LogP contribution is 2.31. The van der Waals surface area contributed by atoms with E-state index in [-0.39, 0.29) is 0 Å². The Kier molecular flexibility index (Phi) is 3.03. The Morgan fingerprint density at radius 3 is 3.07 bits per heavy atom. The number of hydrogen-bond acceptors (Lipinski definition) is 3. The summed E-state index contributed by atoms with van der Waals surface area (Å²) < 4.78 is 5.39. The Hall–Kier alpha value is -0.930. The maximum Gasteiger partial charge on any atom is 0.0741 e. The summed E-state index contributed by atoms with van der Waals surface area (Å²) in [5.74, 6) is 0. The third-order valence-corrected chi connectivity index (χ3v) is 3.04. The van der Waals surface area contributed by atoms with Gasteiger partial charge in [0, 0.05) is 12.6 Å². The first-order valence-corrected chi connectivity index (χ1v) is 5.46. The van der Waals surface area contributed by atoms with Gasteiger partial charge in [-0.3, -0.25) is 0 Å². The van der Waals surface area contributed by atoms with Gasteiger partial charge in [0.05, 0.1) is 29.6 Å². The summed E-state index contributed by atoms with van der Waals surface area (Å²) in [6.45, 7) is 4.48. The Morgan fingerprint density at radius 1 is 1.53 bits per heavy atom. The SMILES string of the molecule is CC1COCCN1c1cccc(Cl)c1N. The average molecular weight is 227 g/mol. The van der Waals surface area contributed by atoms with Crippen LogP contribution in [0.3, 0.4) is 0 Å². The number of anilines is 2. The van der Waals surface area contributed by atoms with E-state index in [9.17, 15) is 0 Å². The van der Waals surface area contributed by atoms with E-state index in [2.05, 4.69) is 11.8 Å². The van der Waals surface area contributed by atoms with Crippen molar-refractivity contribution in [3.63, 3.8) is 0 Å². The van der Waals surface area contributed by atoms with Gasteiger partial charge >= 0.3 is 0 Å². The second-order valence-corrected chi connectivity index (χ2v) is 4.20. The van der Waals surface area contributed by atoms with E-state index in [4.69, 9.17) is 22.1 Å². The number of benzene rings is 1. The van der Waals surface area contributed by atoms with Gasteiger partial charge in [-0.25, -0.2) is 0 Å². The van der Waals surface area contributed by atoms with Gasteiger partial charge in [0.15, 0.2) is 0 Å². The summed E-state index contributed by atoms with van der Waals surface area (Å²) >= 11 is 6.00. The molecule has 1 aromatic carbocycles. The second kappa shape index (κ2) is 4.29. The number of morpholine rings is 1. The normalized spacial score (nSPS) is 21.7. The van der Waals surface area contributed by atoms with Gasteiger partial charge in [-0.1, -0.05) is 17.7 Å². The molecule has 15 heavy (non-hydrogen) atoms. The summed E-state index contributed by atoms with van der Waals surface area (Å²) in [6.07, 6.45) is 0. The number of nitrogens with two attached hydrogens (primary N) is 1. The predicted octanol–water partition coefficient (Wildman–Crippen LogP) is 2.15. The minimum absolute atomic E-state index is 0.347. The minimum atomic E-state index is 0.347. The van der Waals surface area contributed by atoms with Gasteiger partial charge in [0.1, 0.15) is 0 Å². The van der Waals surface area contributed by atoms with Crippen LogP contribution in [0.5, 0.6) is 0 Å². The lowest BCUT2D eigenvalue weighted by atomic mass is 10.2. The Bertz CT molecular complexity index is 356. The van der Waals surface area contributed by atoms with Crippen LogP contribution >= 0.6 is 11.6 Å². The molecule has 1 fully saturated rings. The maximum absolute atomic E-state index is 6.00. The first-order valence-electron chi connectivity index (χ1n) is 5.08. The van der Waals surface area contributed by atoms with Gasteiger partial charge in [-0.2, -0.15) is 0 Å². The standard InChI is InChI=1S/C11H15ClN2O/c1-8-7-15-6-5-14(8)10-4-2-3-9(12)11(10)13/h2-4,8H,5-7,13H2,1H3. The molecule has 0 aromatic heterocycles. The van der Waals surface area contributed by atoms with Crippen molar-refractivity contribution in [2.75, 3.05) is 30.4 Å². The molecule has 1 atom stereocenters. The molecule has 3 nitrogen and oxygen atoms in total. The molecule has 2 N–H and O–H groups in total. The number of para-hydroxylation sites is 1. The molecule has 0 amide bonds. The maximum atomic E-state index is 6.00. The molecular weight excluding hydrogens is 212 g/mol. The van der Waals surface area contributed by atoms with Crippen LogP contribution in [-0.4, -0.2) is 25.8 Å². The summed E-state index contributed by atoms with van der Waals surface area (Å²) in [5.41, 5.74) is 7.63. The predicted molar refractivity (Wildman–Crippen MR) is 63.5 cm³/mol. The summed E-state index contributed by atoms with van der Waals surface area (Å²) in [7, 11) is 0. The smallest absolute Gasteiger partial charge is 0.0741 e. The number of ether oxygens (including phenoxy) is 1. The molecule has 1 saturated heterocycles. The molecule has 0 bridgehead atoms. The molecule has 4 heteroatoms. The van der Waals surface area contributed by atoms with Crippen molar-refractivity contribution in [2.24, 2.45) is 0 Å². The first-order chi connectivity index (χ1) is 7.20. The minimum Gasteiger partial charge on any atom is -0.396 e. The number of rotatable bonds is 1. The van der Waals surface area contributed by atoms with Crippen molar-refractivity contribution in [3.05, 3.63) is 23.2 Å². The molecule has 1 unspecified atom stereocenters. The lowest BCUT2D eigenvalue weighted by Crippen LogP contribution is -2.44. The van der Waals surface area contributed by atoms with E-state index < -0.39 is 0 Å². The van der Waals surface area contributed by atoms with Gasteiger partial charge in [-0.05, 0) is 19.1 Å². The third-order valence-electron chi connectivity index (χ3n) is 2.71. The molecule has 0 spiro atoms.